The fourth-order valence-electron chi connectivity index (χ4n) is 4.57. The second-order valence-corrected chi connectivity index (χ2v) is 8.59. The van der Waals surface area contributed by atoms with Crippen LogP contribution >= 0.6 is 0 Å². The summed E-state index contributed by atoms with van der Waals surface area (Å²) >= 11 is 0. The largest absolute Gasteiger partial charge is 0.312 e. The van der Waals surface area contributed by atoms with E-state index in [1.807, 2.05) is 59.6 Å². The predicted octanol–water partition coefficient (Wildman–Crippen LogP) is 5.15. The molecule has 1 aliphatic heterocycles. The summed E-state index contributed by atoms with van der Waals surface area (Å²) in [6.07, 6.45) is 6.60. The van der Waals surface area contributed by atoms with Crippen molar-refractivity contribution < 1.29 is 4.79 Å². The molecule has 0 bridgehead atoms. The number of anilines is 1. The molecule has 0 radical (unpaired) electrons. The number of amides is 1. The Kier molecular flexibility index (Phi) is 5.82. The molecule has 6 nitrogen and oxygen atoms in total. The van der Waals surface area contributed by atoms with Gasteiger partial charge in [0.1, 0.15) is 0 Å². The average molecular weight is 441 g/mol. The topological polar surface area (TPSA) is 59.6 Å². The van der Waals surface area contributed by atoms with Gasteiger partial charge in [-0.05, 0) is 25.0 Å². The fraction of sp³-hybridized carbons (Fsp3) is 0.296. The molecule has 0 spiro atoms. The number of imidazole rings is 1. The van der Waals surface area contributed by atoms with Crippen LogP contribution in [0.4, 0.5) is 5.69 Å². The molecule has 4 aromatic rings. The molecule has 1 saturated heterocycles. The molecule has 1 fully saturated rings. The summed E-state index contributed by atoms with van der Waals surface area (Å²) in [5, 5.41) is 0. The lowest BCUT2D eigenvalue weighted by Crippen LogP contribution is -2.23. The van der Waals surface area contributed by atoms with Gasteiger partial charge in [0.05, 0.1) is 11.4 Å². The number of hydrogen-bond acceptors (Lipinski definition) is 3. The van der Waals surface area contributed by atoms with Gasteiger partial charge in [-0.25, -0.2) is 4.98 Å². The van der Waals surface area contributed by atoms with E-state index in [4.69, 9.17) is 4.98 Å². The Morgan fingerprint density at radius 3 is 2.52 bits per heavy atom. The fourth-order valence-corrected chi connectivity index (χ4v) is 4.57. The molecule has 0 aliphatic carbocycles. The van der Waals surface area contributed by atoms with E-state index in [1.54, 1.807) is 10.5 Å². The van der Waals surface area contributed by atoms with E-state index < -0.39 is 0 Å². The second kappa shape index (κ2) is 9.06. The molecule has 5 rings (SSSR count). The van der Waals surface area contributed by atoms with E-state index in [-0.39, 0.29) is 11.5 Å². The number of rotatable bonds is 7. The first kappa shape index (κ1) is 21.2. The lowest BCUT2D eigenvalue weighted by atomic mass is 10.1. The van der Waals surface area contributed by atoms with Crippen LogP contribution in [0.25, 0.3) is 28.3 Å². The monoisotopic (exact) mass is 440 g/mol. The van der Waals surface area contributed by atoms with E-state index in [0.29, 0.717) is 17.9 Å². The third-order valence-corrected chi connectivity index (χ3v) is 6.30. The molecule has 33 heavy (non-hydrogen) atoms. The molecule has 0 unspecified atom stereocenters. The van der Waals surface area contributed by atoms with Gasteiger partial charge >= 0.3 is 0 Å². The van der Waals surface area contributed by atoms with Crippen molar-refractivity contribution >= 4 is 17.4 Å². The smallest absolute Gasteiger partial charge is 0.259 e. The second-order valence-electron chi connectivity index (χ2n) is 8.59. The zero-order valence-corrected chi connectivity index (χ0v) is 18.9. The first-order chi connectivity index (χ1) is 16.2. The van der Waals surface area contributed by atoms with E-state index in [0.717, 1.165) is 61.3 Å². The maximum absolute atomic E-state index is 13.1. The minimum atomic E-state index is -0.0970. The Labute approximate surface area is 193 Å². The first-order valence-corrected chi connectivity index (χ1v) is 11.7. The van der Waals surface area contributed by atoms with Gasteiger partial charge in [0.15, 0.2) is 0 Å². The molecule has 1 amide bonds. The maximum atomic E-state index is 13.1. The van der Waals surface area contributed by atoms with E-state index in [2.05, 4.69) is 17.6 Å². The highest BCUT2D eigenvalue weighted by molar-refractivity contribution is 5.95. The average Bonchev–Trinajstić information content (AvgIpc) is 3.44. The minimum Gasteiger partial charge on any atom is -0.312 e. The lowest BCUT2D eigenvalue weighted by molar-refractivity contribution is -0.117. The van der Waals surface area contributed by atoms with Crippen molar-refractivity contribution in [2.24, 2.45) is 0 Å². The zero-order chi connectivity index (χ0) is 22.8. The molecule has 2 aromatic heterocycles. The molecular weight excluding hydrogens is 412 g/mol. The van der Waals surface area contributed by atoms with Gasteiger partial charge in [0.2, 0.25) is 11.7 Å². The van der Waals surface area contributed by atoms with Gasteiger partial charge < -0.3 is 9.47 Å². The number of carbonyl (C=O) groups excluding carboxylic acids is 1. The molecule has 0 N–H and O–H groups in total. The predicted molar refractivity (Wildman–Crippen MR) is 131 cm³/mol. The number of fused-ring (bicyclic) bond motifs is 1. The van der Waals surface area contributed by atoms with Crippen molar-refractivity contribution in [1.82, 2.24) is 14.0 Å². The summed E-state index contributed by atoms with van der Waals surface area (Å²) < 4.78 is 3.79. The Balaban J connectivity index is 1.65. The highest BCUT2D eigenvalue weighted by atomic mass is 16.2. The Morgan fingerprint density at radius 1 is 0.939 bits per heavy atom. The number of aryl methyl sites for hydroxylation is 1. The number of benzene rings is 2. The summed E-state index contributed by atoms with van der Waals surface area (Å²) in [6.45, 7) is 3.71. The Bertz CT molecular complexity index is 1350. The van der Waals surface area contributed by atoms with Crippen LogP contribution in [0, 0.1) is 0 Å². The number of unbranched alkanes of at least 4 members (excludes halogenated alkanes) is 2. The van der Waals surface area contributed by atoms with Crippen LogP contribution in [0.2, 0.25) is 0 Å². The standard InChI is InChI=1S/C27H28N4O2/c1-2-3-7-15-30-24(21-12-8-13-22(17-21)29-16-9-14-25(29)32)19-31-26(33)18-23(28-27(30)31)20-10-5-4-6-11-20/h4-6,8,10-13,17-19H,2-3,7,9,14-16H2,1H3. The maximum Gasteiger partial charge on any atom is 0.259 e. The van der Waals surface area contributed by atoms with Gasteiger partial charge in [0, 0.05) is 48.6 Å². The summed E-state index contributed by atoms with van der Waals surface area (Å²) in [5.41, 5.74) is 4.34. The summed E-state index contributed by atoms with van der Waals surface area (Å²) in [5.74, 6) is 0.816. The lowest BCUT2D eigenvalue weighted by Gasteiger charge is -2.17. The van der Waals surface area contributed by atoms with Crippen LogP contribution in [0.15, 0.2) is 71.7 Å². The van der Waals surface area contributed by atoms with Crippen LogP contribution in [-0.4, -0.2) is 26.4 Å². The van der Waals surface area contributed by atoms with Gasteiger partial charge in [-0.3, -0.25) is 14.0 Å². The van der Waals surface area contributed by atoms with Crippen LogP contribution in [-0.2, 0) is 11.3 Å². The summed E-state index contributed by atoms with van der Waals surface area (Å²) in [6, 6.07) is 19.5. The molecular formula is C27H28N4O2. The van der Waals surface area contributed by atoms with Crippen LogP contribution in [0.1, 0.15) is 39.0 Å². The van der Waals surface area contributed by atoms with Crippen molar-refractivity contribution in [3.63, 3.8) is 0 Å². The van der Waals surface area contributed by atoms with Crippen molar-refractivity contribution in [3.05, 3.63) is 77.2 Å². The summed E-state index contributed by atoms with van der Waals surface area (Å²) in [4.78, 5) is 32.1. The molecule has 1 aliphatic rings. The molecule has 3 heterocycles. The van der Waals surface area contributed by atoms with E-state index >= 15 is 0 Å². The highest BCUT2D eigenvalue weighted by Gasteiger charge is 2.22. The van der Waals surface area contributed by atoms with Crippen LogP contribution in [0.3, 0.4) is 0 Å². The highest BCUT2D eigenvalue weighted by Crippen LogP contribution is 2.29. The minimum absolute atomic E-state index is 0.0970. The van der Waals surface area contributed by atoms with Crippen LogP contribution < -0.4 is 10.5 Å². The third-order valence-electron chi connectivity index (χ3n) is 6.30. The molecule has 6 heteroatoms. The summed E-state index contributed by atoms with van der Waals surface area (Å²) in [7, 11) is 0. The Morgan fingerprint density at radius 2 is 1.76 bits per heavy atom. The number of hydrogen-bond donors (Lipinski definition) is 0. The van der Waals surface area contributed by atoms with Crippen molar-refractivity contribution in [3.8, 4) is 22.5 Å². The van der Waals surface area contributed by atoms with Crippen molar-refractivity contribution in [1.29, 1.82) is 0 Å². The quantitative estimate of drug-likeness (QED) is 0.374. The van der Waals surface area contributed by atoms with Gasteiger partial charge in [-0.2, -0.15) is 0 Å². The third kappa shape index (κ3) is 4.09. The van der Waals surface area contributed by atoms with Gasteiger partial charge in [-0.1, -0.05) is 62.2 Å². The normalized spacial score (nSPS) is 13.8. The zero-order valence-electron chi connectivity index (χ0n) is 18.9. The molecule has 2 aromatic carbocycles. The van der Waals surface area contributed by atoms with Gasteiger partial charge in [0.25, 0.3) is 5.56 Å². The number of carbonyl (C=O) groups is 1. The molecule has 0 atom stereocenters. The van der Waals surface area contributed by atoms with Crippen molar-refractivity contribution in [2.45, 2.75) is 45.6 Å². The first-order valence-electron chi connectivity index (χ1n) is 11.7. The molecule has 168 valence electrons. The molecule has 0 saturated carbocycles. The number of aromatic nitrogens is 3. The van der Waals surface area contributed by atoms with Gasteiger partial charge in [-0.15, -0.1) is 0 Å². The van der Waals surface area contributed by atoms with E-state index in [9.17, 15) is 9.59 Å². The Hall–Kier alpha value is -3.67. The van der Waals surface area contributed by atoms with E-state index in [1.165, 1.54) is 0 Å². The SMILES string of the molecule is CCCCCn1c(-c2cccc(N3CCCC3=O)c2)cn2c(=O)cc(-c3ccccc3)nc12. The van der Waals surface area contributed by atoms with Crippen LogP contribution in [0.5, 0.6) is 0 Å². The van der Waals surface area contributed by atoms with Crippen molar-refractivity contribution in [2.75, 3.05) is 11.4 Å². The number of nitrogens with zero attached hydrogens (tertiary/aromatic N) is 4.